The van der Waals surface area contributed by atoms with Crippen LogP contribution in [0.15, 0.2) is 48.5 Å². The van der Waals surface area contributed by atoms with Gasteiger partial charge in [-0.15, -0.1) is 0 Å². The van der Waals surface area contributed by atoms with Crippen LogP contribution in [0.5, 0.6) is 5.75 Å². The Balaban J connectivity index is 0.000000643. The SMILES string of the molecule is CC[NH+](CC)CCOC(=O)COc1ccc2c(c1)c(C(=O)OCC[NH+](CC)CC)c(C)n2-c1ccccc1.O=C([O-])CC(O)(CC(=O)O)C(=O)O.O=C([O-])CC(O)(CC(=O)O)C(=O)O. The second kappa shape index (κ2) is 26.8. The number of rotatable bonds is 25. The Bertz CT molecular complexity index is 1970. The molecule has 22 nitrogen and oxygen atoms in total. The molecule has 3 aromatic rings. The van der Waals surface area contributed by atoms with Gasteiger partial charge in [-0.1, -0.05) is 18.2 Å². The van der Waals surface area contributed by atoms with E-state index in [0.717, 1.165) is 61.6 Å². The van der Waals surface area contributed by atoms with E-state index in [2.05, 4.69) is 32.3 Å². The molecule has 22 heteroatoms. The van der Waals surface area contributed by atoms with E-state index in [0.29, 0.717) is 24.5 Å². The Morgan fingerprint density at radius 2 is 1.11 bits per heavy atom. The molecule has 8 N–H and O–H groups in total. The fraction of sp³-hybridized carbons (Fsp3) is 0.476. The van der Waals surface area contributed by atoms with E-state index >= 15 is 0 Å². The number of hydrogen-bond donors (Lipinski definition) is 8. The van der Waals surface area contributed by atoms with Crippen LogP contribution in [0.4, 0.5) is 0 Å². The minimum absolute atomic E-state index is 0.191. The first-order chi connectivity index (χ1) is 30.0. The molecule has 0 amide bonds. The highest BCUT2D eigenvalue weighted by Crippen LogP contribution is 2.32. The molecule has 0 aliphatic carbocycles. The van der Waals surface area contributed by atoms with Crippen LogP contribution in [0.25, 0.3) is 16.6 Å². The van der Waals surface area contributed by atoms with E-state index in [4.69, 9.17) is 44.8 Å². The first-order valence-electron chi connectivity index (χ1n) is 20.1. The zero-order valence-electron chi connectivity index (χ0n) is 36.2. The summed E-state index contributed by atoms with van der Waals surface area (Å²) in [6.45, 7) is 16.4. The summed E-state index contributed by atoms with van der Waals surface area (Å²) in [5.74, 6) is -10.9. The summed E-state index contributed by atoms with van der Waals surface area (Å²) in [6.07, 6.45) is -4.88. The molecule has 0 saturated heterocycles. The maximum atomic E-state index is 13.3. The van der Waals surface area contributed by atoms with Crippen LogP contribution in [0.2, 0.25) is 0 Å². The number of carbonyl (C=O) groups excluding carboxylic acids is 4. The largest absolute Gasteiger partial charge is 0.550 e. The number of nitrogens with one attached hydrogen (secondary N) is 2. The molecule has 1 aromatic heterocycles. The van der Waals surface area contributed by atoms with Gasteiger partial charge in [0.1, 0.15) is 32.1 Å². The number of benzene rings is 2. The molecule has 0 spiro atoms. The number of para-hydroxylation sites is 1. The number of carbonyl (C=O) groups is 8. The Morgan fingerprint density at radius 3 is 1.52 bits per heavy atom. The van der Waals surface area contributed by atoms with Crippen molar-refractivity contribution in [1.29, 1.82) is 0 Å². The summed E-state index contributed by atoms with van der Waals surface area (Å²) >= 11 is 0. The summed E-state index contributed by atoms with van der Waals surface area (Å²) in [5, 5.41) is 71.7. The number of likely N-dealkylation sites (N-methyl/N-ethyl adjacent to an activating group) is 2. The Morgan fingerprint density at radius 1 is 0.656 bits per heavy atom. The molecule has 0 radical (unpaired) electrons. The van der Waals surface area contributed by atoms with E-state index in [1.165, 1.54) is 9.80 Å². The topological polar surface area (TPSA) is 346 Å². The van der Waals surface area contributed by atoms with Crippen molar-refractivity contribution in [3.05, 3.63) is 59.8 Å². The predicted molar refractivity (Wildman–Crippen MR) is 217 cm³/mol. The molecule has 0 bridgehead atoms. The van der Waals surface area contributed by atoms with Gasteiger partial charge in [0, 0.05) is 41.5 Å². The molecule has 1 heterocycles. The lowest BCUT2D eigenvalue weighted by molar-refractivity contribution is -0.896. The molecular weight excluding hydrogens is 850 g/mol. The van der Waals surface area contributed by atoms with Gasteiger partial charge in [0.25, 0.3) is 0 Å². The van der Waals surface area contributed by atoms with Crippen LogP contribution in [0.1, 0.15) is 69.4 Å². The lowest BCUT2D eigenvalue weighted by Crippen LogP contribution is -3.11. The smallest absolute Gasteiger partial charge is 0.344 e. The molecule has 0 saturated carbocycles. The van der Waals surface area contributed by atoms with Gasteiger partial charge >= 0.3 is 35.8 Å². The van der Waals surface area contributed by atoms with Gasteiger partial charge in [0.15, 0.2) is 17.8 Å². The molecular formula is C42H57N3O19. The summed E-state index contributed by atoms with van der Waals surface area (Å²) in [7, 11) is 0. The van der Waals surface area contributed by atoms with Crippen molar-refractivity contribution in [2.24, 2.45) is 0 Å². The normalized spacial score (nSPS) is 12.6. The fourth-order valence-electron chi connectivity index (χ4n) is 6.12. The number of aliphatic carboxylic acids is 6. The van der Waals surface area contributed by atoms with Crippen LogP contribution in [0, 0.1) is 6.92 Å². The van der Waals surface area contributed by atoms with E-state index in [9.17, 15) is 48.6 Å². The predicted octanol–water partition coefficient (Wildman–Crippen LogP) is -3.30. The third kappa shape index (κ3) is 18.0. The van der Waals surface area contributed by atoms with E-state index in [1.54, 1.807) is 6.07 Å². The lowest BCUT2D eigenvalue weighted by Gasteiger charge is -2.21. The van der Waals surface area contributed by atoms with E-state index in [1.807, 2.05) is 49.4 Å². The van der Waals surface area contributed by atoms with Crippen LogP contribution >= 0.6 is 0 Å². The Hall–Kier alpha value is -6.62. The minimum atomic E-state index is -2.80. The molecule has 2 unspecified atom stereocenters. The maximum absolute atomic E-state index is 13.3. The summed E-state index contributed by atoms with van der Waals surface area (Å²) in [6, 6.07) is 15.4. The fourth-order valence-corrected chi connectivity index (χ4v) is 6.12. The summed E-state index contributed by atoms with van der Waals surface area (Å²) in [4.78, 5) is 89.0. The number of nitrogens with zero attached hydrogens (tertiary/aromatic N) is 1. The number of carboxylic acid groups (broad SMARTS) is 6. The number of carboxylic acids is 6. The van der Waals surface area contributed by atoms with Crippen molar-refractivity contribution >= 4 is 58.7 Å². The quantitative estimate of drug-likeness (QED) is 0.0386. The highest BCUT2D eigenvalue weighted by Gasteiger charge is 2.39. The highest BCUT2D eigenvalue weighted by atomic mass is 16.6. The number of aliphatic hydroxyl groups is 2. The number of fused-ring (bicyclic) bond motifs is 1. The summed E-state index contributed by atoms with van der Waals surface area (Å²) in [5.41, 5.74) is -2.48. The standard InChI is InChI=1S/C30H41N3O5.2C6H8O7/c1-6-31(7-2)17-19-36-28(34)22-38-25-15-16-27-26(21-25)29(30(35)37-20-18-32(8-3)9-4)23(5)33(27)24-13-11-10-12-14-24;2*7-3(8)1-6(13,5(11)12)2-4(9)10/h10-16,21H,6-9,17-20,22H2,1-5H3;2*13H,1-2H2,(H,7,8)(H,9,10)(H,11,12). The molecule has 0 aliphatic heterocycles. The average Bonchev–Trinajstić information content (AvgIpc) is 3.50. The zero-order valence-corrected chi connectivity index (χ0v) is 36.2. The van der Waals surface area contributed by atoms with Crippen molar-refractivity contribution in [2.45, 2.75) is 71.5 Å². The van der Waals surface area contributed by atoms with Gasteiger partial charge in [0.05, 0.1) is 50.1 Å². The maximum Gasteiger partial charge on any atom is 0.344 e. The number of ether oxygens (including phenoxy) is 3. The van der Waals surface area contributed by atoms with Gasteiger partial charge in [-0.3, -0.25) is 9.59 Å². The molecule has 0 fully saturated rings. The van der Waals surface area contributed by atoms with Gasteiger partial charge < -0.3 is 79.0 Å². The molecule has 3 rings (SSSR count). The molecule has 0 aliphatic rings. The van der Waals surface area contributed by atoms with E-state index in [-0.39, 0.29) is 12.6 Å². The third-order valence-electron chi connectivity index (χ3n) is 9.72. The average molecular weight is 908 g/mol. The minimum Gasteiger partial charge on any atom is -0.550 e. The van der Waals surface area contributed by atoms with Crippen molar-refractivity contribution < 1.29 is 103 Å². The van der Waals surface area contributed by atoms with Crippen LogP contribution in [0.3, 0.4) is 0 Å². The second-order valence-electron chi connectivity index (χ2n) is 14.3. The van der Waals surface area contributed by atoms with Gasteiger partial charge in [-0.2, -0.15) is 0 Å². The van der Waals surface area contributed by atoms with Gasteiger partial charge in [0.2, 0.25) is 0 Å². The first-order valence-corrected chi connectivity index (χ1v) is 20.1. The number of quaternary nitrogens is 2. The lowest BCUT2D eigenvalue weighted by atomic mass is 9.96. The van der Waals surface area contributed by atoms with Gasteiger partial charge in [-0.05, 0) is 65.0 Å². The summed E-state index contributed by atoms with van der Waals surface area (Å²) < 4.78 is 18.9. The third-order valence-corrected chi connectivity index (χ3v) is 9.72. The van der Waals surface area contributed by atoms with Crippen LogP contribution in [-0.2, 0) is 43.0 Å². The molecule has 64 heavy (non-hydrogen) atoms. The Labute approximate surface area is 367 Å². The second-order valence-corrected chi connectivity index (χ2v) is 14.3. The van der Waals surface area contributed by atoms with Crippen LogP contribution < -0.4 is 24.7 Å². The van der Waals surface area contributed by atoms with Crippen molar-refractivity contribution in [2.75, 3.05) is 59.1 Å². The van der Waals surface area contributed by atoms with Crippen molar-refractivity contribution in [3.63, 3.8) is 0 Å². The molecule has 2 atom stereocenters. The van der Waals surface area contributed by atoms with Crippen molar-refractivity contribution in [3.8, 4) is 11.4 Å². The first kappa shape index (κ1) is 55.4. The molecule has 354 valence electrons. The number of aromatic nitrogens is 1. The molecule has 2 aromatic carbocycles. The Kier molecular flexibility index (Phi) is 23.2. The highest BCUT2D eigenvalue weighted by molar-refractivity contribution is 6.07. The van der Waals surface area contributed by atoms with Crippen LogP contribution in [-0.4, -0.2) is 153 Å². The van der Waals surface area contributed by atoms with E-state index < -0.39 is 78.7 Å². The number of hydrogen-bond acceptors (Lipinski definition) is 15. The zero-order chi connectivity index (χ0) is 48.8. The monoisotopic (exact) mass is 907 g/mol. The van der Waals surface area contributed by atoms with Crippen molar-refractivity contribution in [1.82, 2.24) is 4.57 Å². The number of esters is 2. The van der Waals surface area contributed by atoms with Gasteiger partial charge in [-0.25, -0.2) is 19.2 Å².